The second kappa shape index (κ2) is 5.82. The predicted molar refractivity (Wildman–Crippen MR) is 75.4 cm³/mol. The van der Waals surface area contributed by atoms with E-state index in [1.807, 2.05) is 24.3 Å². The van der Waals surface area contributed by atoms with Crippen LogP contribution in [-0.2, 0) is 6.42 Å². The summed E-state index contributed by atoms with van der Waals surface area (Å²) in [6.07, 6.45) is -0.0242. The van der Waals surface area contributed by atoms with Gasteiger partial charge in [-0.15, -0.1) is 0 Å². The van der Waals surface area contributed by atoms with E-state index in [-0.39, 0.29) is 17.9 Å². The van der Waals surface area contributed by atoms with Gasteiger partial charge in [0.2, 0.25) is 0 Å². The van der Waals surface area contributed by atoms with Crippen molar-refractivity contribution < 1.29 is 18.6 Å². The summed E-state index contributed by atoms with van der Waals surface area (Å²) >= 11 is 0. The molecule has 2 unspecified atom stereocenters. The van der Waals surface area contributed by atoms with Crippen molar-refractivity contribution >= 4 is 0 Å². The maximum atomic E-state index is 13.7. The van der Waals surface area contributed by atoms with E-state index < -0.39 is 17.7 Å². The number of aliphatic hydroxyl groups excluding tert-OH is 1. The summed E-state index contributed by atoms with van der Waals surface area (Å²) in [5.74, 6) is -1.13. The van der Waals surface area contributed by atoms with E-state index in [0.29, 0.717) is 13.0 Å². The third-order valence-electron chi connectivity index (χ3n) is 3.93. The standard InChI is InChI=1S/C17H16F2O2/c18-14-6-3-4-11(17(14)19)10-15(20)12-8-9-21-16-7-2-1-5-13(12)16/h1-7,12,15,20H,8-10H2. The summed E-state index contributed by atoms with van der Waals surface area (Å²) < 4.78 is 32.5. The largest absolute Gasteiger partial charge is 0.493 e. The Bertz CT molecular complexity index is 642. The first-order valence-electron chi connectivity index (χ1n) is 6.99. The van der Waals surface area contributed by atoms with Gasteiger partial charge in [-0.1, -0.05) is 30.3 Å². The lowest BCUT2D eigenvalue weighted by atomic mass is 9.85. The summed E-state index contributed by atoms with van der Waals surface area (Å²) in [4.78, 5) is 0. The lowest BCUT2D eigenvalue weighted by Gasteiger charge is -2.29. The van der Waals surface area contributed by atoms with E-state index in [9.17, 15) is 13.9 Å². The Labute approximate surface area is 122 Å². The molecule has 1 N–H and O–H groups in total. The number of fused-ring (bicyclic) bond motifs is 1. The van der Waals surface area contributed by atoms with Gasteiger partial charge in [0, 0.05) is 12.3 Å². The molecule has 0 radical (unpaired) electrons. The Kier molecular flexibility index (Phi) is 3.88. The van der Waals surface area contributed by atoms with Crippen molar-refractivity contribution in [1.82, 2.24) is 0 Å². The molecular formula is C17H16F2O2. The zero-order valence-electron chi connectivity index (χ0n) is 11.4. The average Bonchev–Trinajstić information content (AvgIpc) is 2.51. The normalized spacial score (nSPS) is 18.7. The van der Waals surface area contributed by atoms with Crippen LogP contribution in [0.4, 0.5) is 8.78 Å². The third kappa shape index (κ3) is 2.76. The lowest BCUT2D eigenvalue weighted by molar-refractivity contribution is 0.115. The minimum Gasteiger partial charge on any atom is -0.493 e. The topological polar surface area (TPSA) is 29.5 Å². The first kappa shape index (κ1) is 14.0. The number of ether oxygens (including phenoxy) is 1. The number of aliphatic hydroxyl groups is 1. The molecule has 110 valence electrons. The second-order valence-corrected chi connectivity index (χ2v) is 5.27. The molecule has 0 spiro atoms. The molecule has 2 nitrogen and oxygen atoms in total. The summed E-state index contributed by atoms with van der Waals surface area (Å²) in [5.41, 5.74) is 1.12. The van der Waals surface area contributed by atoms with Gasteiger partial charge < -0.3 is 9.84 Å². The molecule has 0 aromatic heterocycles. The van der Waals surface area contributed by atoms with Crippen LogP contribution >= 0.6 is 0 Å². The molecule has 21 heavy (non-hydrogen) atoms. The van der Waals surface area contributed by atoms with Crippen LogP contribution in [0.25, 0.3) is 0 Å². The summed E-state index contributed by atoms with van der Waals surface area (Å²) in [6.45, 7) is 0.518. The highest BCUT2D eigenvalue weighted by Gasteiger charge is 2.28. The first-order valence-corrected chi connectivity index (χ1v) is 6.99. The molecule has 2 aromatic rings. The van der Waals surface area contributed by atoms with Crippen molar-refractivity contribution in [3.63, 3.8) is 0 Å². The highest BCUT2D eigenvalue weighted by molar-refractivity contribution is 5.38. The quantitative estimate of drug-likeness (QED) is 0.938. The number of benzene rings is 2. The average molecular weight is 290 g/mol. The second-order valence-electron chi connectivity index (χ2n) is 5.27. The molecule has 1 heterocycles. The maximum Gasteiger partial charge on any atom is 0.162 e. The van der Waals surface area contributed by atoms with Crippen LogP contribution in [0.1, 0.15) is 23.5 Å². The Balaban J connectivity index is 1.83. The molecular weight excluding hydrogens is 274 g/mol. The van der Waals surface area contributed by atoms with Crippen molar-refractivity contribution in [3.8, 4) is 5.75 Å². The van der Waals surface area contributed by atoms with Gasteiger partial charge in [-0.2, -0.15) is 0 Å². The molecule has 2 aromatic carbocycles. The zero-order chi connectivity index (χ0) is 14.8. The number of hydrogen-bond donors (Lipinski definition) is 1. The number of hydrogen-bond acceptors (Lipinski definition) is 2. The van der Waals surface area contributed by atoms with Crippen LogP contribution in [0.5, 0.6) is 5.75 Å². The van der Waals surface area contributed by atoms with Gasteiger partial charge in [0.1, 0.15) is 5.75 Å². The van der Waals surface area contributed by atoms with Crippen molar-refractivity contribution in [2.75, 3.05) is 6.61 Å². The molecule has 0 amide bonds. The summed E-state index contributed by atoms with van der Waals surface area (Å²) in [6, 6.07) is 11.6. The van der Waals surface area contributed by atoms with E-state index in [4.69, 9.17) is 4.74 Å². The third-order valence-corrected chi connectivity index (χ3v) is 3.93. The Morgan fingerprint density at radius 1 is 1.14 bits per heavy atom. The van der Waals surface area contributed by atoms with Crippen molar-refractivity contribution in [2.24, 2.45) is 0 Å². The highest BCUT2D eigenvalue weighted by atomic mass is 19.2. The van der Waals surface area contributed by atoms with Crippen LogP contribution < -0.4 is 4.74 Å². The molecule has 0 fully saturated rings. The number of para-hydroxylation sites is 1. The fourth-order valence-corrected chi connectivity index (χ4v) is 2.84. The minimum atomic E-state index is -0.882. The summed E-state index contributed by atoms with van der Waals surface area (Å²) in [5, 5.41) is 10.4. The highest BCUT2D eigenvalue weighted by Crippen LogP contribution is 2.36. The number of rotatable bonds is 3. The predicted octanol–water partition coefficient (Wildman–Crippen LogP) is 3.43. The van der Waals surface area contributed by atoms with E-state index in [2.05, 4.69) is 0 Å². The van der Waals surface area contributed by atoms with Crippen LogP contribution in [0.15, 0.2) is 42.5 Å². The molecule has 1 aliphatic rings. The van der Waals surface area contributed by atoms with Gasteiger partial charge in [-0.05, 0) is 29.7 Å². The Morgan fingerprint density at radius 2 is 1.95 bits per heavy atom. The van der Waals surface area contributed by atoms with E-state index >= 15 is 0 Å². The maximum absolute atomic E-state index is 13.7. The molecule has 1 aliphatic heterocycles. The van der Waals surface area contributed by atoms with Gasteiger partial charge >= 0.3 is 0 Å². The lowest BCUT2D eigenvalue weighted by Crippen LogP contribution is -2.27. The van der Waals surface area contributed by atoms with Gasteiger partial charge in [0.25, 0.3) is 0 Å². The SMILES string of the molecule is OC(Cc1cccc(F)c1F)C1CCOc2ccccc21. The Morgan fingerprint density at radius 3 is 2.81 bits per heavy atom. The van der Waals surface area contributed by atoms with Gasteiger partial charge in [0.15, 0.2) is 11.6 Å². The van der Waals surface area contributed by atoms with Crippen LogP contribution in [-0.4, -0.2) is 17.8 Å². The molecule has 0 saturated heterocycles. The van der Waals surface area contributed by atoms with Gasteiger partial charge in [-0.3, -0.25) is 0 Å². The molecule has 0 aliphatic carbocycles. The first-order chi connectivity index (χ1) is 10.2. The molecule has 2 atom stereocenters. The summed E-state index contributed by atoms with van der Waals surface area (Å²) in [7, 11) is 0. The van der Waals surface area contributed by atoms with Gasteiger partial charge in [0.05, 0.1) is 12.7 Å². The van der Waals surface area contributed by atoms with Crippen LogP contribution in [0.3, 0.4) is 0 Å². The minimum absolute atomic E-state index is 0.0859. The fourth-order valence-electron chi connectivity index (χ4n) is 2.84. The number of halogens is 2. The zero-order valence-corrected chi connectivity index (χ0v) is 11.4. The van der Waals surface area contributed by atoms with E-state index in [0.717, 1.165) is 17.4 Å². The van der Waals surface area contributed by atoms with E-state index in [1.165, 1.54) is 12.1 Å². The molecule has 3 rings (SSSR count). The van der Waals surface area contributed by atoms with Crippen molar-refractivity contribution in [3.05, 3.63) is 65.2 Å². The fraction of sp³-hybridized carbons (Fsp3) is 0.294. The molecule has 0 bridgehead atoms. The molecule has 0 saturated carbocycles. The smallest absolute Gasteiger partial charge is 0.162 e. The Hall–Kier alpha value is -1.94. The van der Waals surface area contributed by atoms with Crippen LogP contribution in [0.2, 0.25) is 0 Å². The monoisotopic (exact) mass is 290 g/mol. The molecule has 4 heteroatoms. The van der Waals surface area contributed by atoms with Crippen molar-refractivity contribution in [1.29, 1.82) is 0 Å². The van der Waals surface area contributed by atoms with Crippen LogP contribution in [0, 0.1) is 11.6 Å². The van der Waals surface area contributed by atoms with Crippen molar-refractivity contribution in [2.45, 2.75) is 24.9 Å². The van der Waals surface area contributed by atoms with Gasteiger partial charge in [-0.25, -0.2) is 8.78 Å². The van der Waals surface area contributed by atoms with E-state index in [1.54, 1.807) is 0 Å².